The van der Waals surface area contributed by atoms with Crippen molar-refractivity contribution < 1.29 is 9.47 Å². The summed E-state index contributed by atoms with van der Waals surface area (Å²) in [4.78, 5) is 0. The molecule has 0 aliphatic carbocycles. The number of hydrazine groups is 1. The number of nitrogens with two attached hydrogens (primary N) is 1. The Bertz CT molecular complexity index is 83.8. The first-order valence-corrected chi connectivity index (χ1v) is 3.60. The minimum atomic E-state index is 0.0216. The predicted octanol–water partition coefficient (Wildman–Crippen LogP) is -0.397. The van der Waals surface area contributed by atoms with Gasteiger partial charge in [0, 0.05) is 6.54 Å². The highest BCUT2D eigenvalue weighted by molar-refractivity contribution is 4.52. The summed E-state index contributed by atoms with van der Waals surface area (Å²) in [5.41, 5.74) is 2.58. The van der Waals surface area contributed by atoms with Crippen LogP contribution in [0.3, 0.4) is 0 Å². The minimum Gasteiger partial charge on any atom is -0.350 e. The van der Waals surface area contributed by atoms with E-state index in [4.69, 9.17) is 15.3 Å². The van der Waals surface area contributed by atoms with Gasteiger partial charge in [0.1, 0.15) is 0 Å². The lowest BCUT2D eigenvalue weighted by molar-refractivity contribution is -0.0475. The van der Waals surface area contributed by atoms with Crippen LogP contribution in [-0.4, -0.2) is 26.0 Å². The number of ether oxygens (including phenoxy) is 2. The average molecular weight is 146 g/mol. The number of rotatable bonds is 4. The molecule has 0 bridgehead atoms. The van der Waals surface area contributed by atoms with Crippen LogP contribution in [0.25, 0.3) is 0 Å². The topological polar surface area (TPSA) is 56.5 Å². The van der Waals surface area contributed by atoms with Gasteiger partial charge in [-0.3, -0.25) is 11.3 Å². The summed E-state index contributed by atoms with van der Waals surface area (Å²) in [6.07, 6.45) is 1.96. The molecule has 1 aliphatic rings. The maximum absolute atomic E-state index is 5.21. The zero-order valence-electron chi connectivity index (χ0n) is 6.01. The molecule has 60 valence electrons. The normalized spacial score (nSPS) is 20.1. The summed E-state index contributed by atoms with van der Waals surface area (Å²) >= 11 is 0. The molecule has 1 saturated heterocycles. The highest BCUT2D eigenvalue weighted by Gasteiger charge is 2.14. The fraction of sp³-hybridized carbons (Fsp3) is 1.00. The van der Waals surface area contributed by atoms with Crippen LogP contribution in [0.5, 0.6) is 0 Å². The molecule has 0 spiro atoms. The van der Waals surface area contributed by atoms with E-state index in [0.29, 0.717) is 0 Å². The van der Waals surface area contributed by atoms with Crippen molar-refractivity contribution in [2.45, 2.75) is 19.1 Å². The Labute approximate surface area is 60.6 Å². The van der Waals surface area contributed by atoms with Crippen LogP contribution in [0.2, 0.25) is 0 Å². The van der Waals surface area contributed by atoms with Crippen LogP contribution in [0, 0.1) is 0 Å². The largest absolute Gasteiger partial charge is 0.350 e. The summed E-state index contributed by atoms with van der Waals surface area (Å²) in [5, 5.41) is 0. The van der Waals surface area contributed by atoms with Gasteiger partial charge in [-0.1, -0.05) is 0 Å². The van der Waals surface area contributed by atoms with Crippen molar-refractivity contribution in [1.29, 1.82) is 0 Å². The quantitative estimate of drug-likeness (QED) is 0.322. The Morgan fingerprint density at radius 1 is 1.40 bits per heavy atom. The molecule has 0 aromatic rings. The van der Waals surface area contributed by atoms with Crippen molar-refractivity contribution in [2.24, 2.45) is 5.84 Å². The highest BCUT2D eigenvalue weighted by Crippen LogP contribution is 2.08. The lowest BCUT2D eigenvalue weighted by atomic mass is 10.3. The zero-order valence-corrected chi connectivity index (χ0v) is 6.01. The Balaban J connectivity index is 1.91. The van der Waals surface area contributed by atoms with E-state index >= 15 is 0 Å². The second-order valence-corrected chi connectivity index (χ2v) is 2.27. The van der Waals surface area contributed by atoms with Gasteiger partial charge in [-0.25, -0.2) is 0 Å². The summed E-state index contributed by atoms with van der Waals surface area (Å²) in [6.45, 7) is 2.30. The first-order valence-electron chi connectivity index (χ1n) is 3.60. The molecule has 0 amide bonds. The van der Waals surface area contributed by atoms with Gasteiger partial charge in [0.15, 0.2) is 6.29 Å². The Morgan fingerprint density at radius 2 is 2.10 bits per heavy atom. The third-order valence-corrected chi connectivity index (χ3v) is 1.45. The lowest BCUT2D eigenvalue weighted by Gasteiger charge is -2.06. The van der Waals surface area contributed by atoms with E-state index in [9.17, 15) is 0 Å². The molecule has 1 fully saturated rings. The molecule has 0 atom stereocenters. The fourth-order valence-corrected chi connectivity index (χ4v) is 0.945. The zero-order chi connectivity index (χ0) is 7.23. The van der Waals surface area contributed by atoms with Crippen molar-refractivity contribution in [2.75, 3.05) is 19.8 Å². The van der Waals surface area contributed by atoms with Gasteiger partial charge in [0.2, 0.25) is 0 Å². The third-order valence-electron chi connectivity index (χ3n) is 1.45. The molecule has 0 saturated carbocycles. The number of hydrogen-bond acceptors (Lipinski definition) is 4. The smallest absolute Gasteiger partial charge is 0.157 e. The van der Waals surface area contributed by atoms with Gasteiger partial charge in [0.25, 0.3) is 0 Å². The van der Waals surface area contributed by atoms with Crippen LogP contribution in [0.15, 0.2) is 0 Å². The molecular weight excluding hydrogens is 132 g/mol. The average Bonchev–Trinajstić information content (AvgIpc) is 2.41. The van der Waals surface area contributed by atoms with Crippen molar-refractivity contribution in [3.63, 3.8) is 0 Å². The Hall–Kier alpha value is -0.160. The highest BCUT2D eigenvalue weighted by atomic mass is 16.7. The van der Waals surface area contributed by atoms with E-state index in [-0.39, 0.29) is 6.29 Å². The van der Waals surface area contributed by atoms with Crippen molar-refractivity contribution in [3.8, 4) is 0 Å². The van der Waals surface area contributed by atoms with Crippen LogP contribution < -0.4 is 11.3 Å². The molecule has 0 aromatic heterocycles. The molecule has 4 heteroatoms. The lowest BCUT2D eigenvalue weighted by Crippen LogP contribution is -2.24. The summed E-state index contributed by atoms with van der Waals surface area (Å²) in [6, 6.07) is 0. The van der Waals surface area contributed by atoms with Gasteiger partial charge < -0.3 is 9.47 Å². The number of hydrogen-bond donors (Lipinski definition) is 2. The van der Waals surface area contributed by atoms with Crippen LogP contribution in [-0.2, 0) is 9.47 Å². The molecule has 3 N–H and O–H groups in total. The van der Waals surface area contributed by atoms with Crippen molar-refractivity contribution in [1.82, 2.24) is 5.43 Å². The van der Waals surface area contributed by atoms with Crippen molar-refractivity contribution in [3.05, 3.63) is 0 Å². The second-order valence-electron chi connectivity index (χ2n) is 2.27. The van der Waals surface area contributed by atoms with Crippen LogP contribution in [0.1, 0.15) is 12.8 Å². The third kappa shape index (κ3) is 2.62. The molecule has 10 heavy (non-hydrogen) atoms. The molecule has 1 heterocycles. The van der Waals surface area contributed by atoms with E-state index in [1.54, 1.807) is 0 Å². The van der Waals surface area contributed by atoms with Crippen molar-refractivity contribution >= 4 is 0 Å². The van der Waals surface area contributed by atoms with E-state index in [1.807, 2.05) is 0 Å². The van der Waals surface area contributed by atoms with Gasteiger partial charge in [0.05, 0.1) is 13.2 Å². The van der Waals surface area contributed by atoms with Gasteiger partial charge in [-0.05, 0) is 12.8 Å². The fourth-order valence-electron chi connectivity index (χ4n) is 0.945. The van der Waals surface area contributed by atoms with E-state index in [1.165, 1.54) is 0 Å². The summed E-state index contributed by atoms with van der Waals surface area (Å²) < 4.78 is 10.4. The SMILES string of the molecule is NNCCCC1OCCO1. The molecule has 1 rings (SSSR count). The van der Waals surface area contributed by atoms with Gasteiger partial charge in [-0.15, -0.1) is 0 Å². The number of nitrogens with one attached hydrogen (secondary N) is 1. The maximum atomic E-state index is 5.21. The molecule has 0 unspecified atom stereocenters. The molecule has 0 radical (unpaired) electrons. The molecule has 0 aromatic carbocycles. The standard InChI is InChI=1S/C6H14N2O2/c7-8-3-1-2-6-9-4-5-10-6/h6,8H,1-5,7H2. The maximum Gasteiger partial charge on any atom is 0.157 e. The van der Waals surface area contributed by atoms with Gasteiger partial charge in [-0.2, -0.15) is 0 Å². The monoisotopic (exact) mass is 146 g/mol. The van der Waals surface area contributed by atoms with E-state index in [2.05, 4.69) is 5.43 Å². The van der Waals surface area contributed by atoms with E-state index in [0.717, 1.165) is 32.6 Å². The molecule has 4 nitrogen and oxygen atoms in total. The summed E-state index contributed by atoms with van der Waals surface area (Å²) in [7, 11) is 0. The van der Waals surface area contributed by atoms with Crippen LogP contribution in [0.4, 0.5) is 0 Å². The molecular formula is C6H14N2O2. The Kier molecular flexibility index (Phi) is 3.67. The molecule has 1 aliphatic heterocycles. The van der Waals surface area contributed by atoms with Crippen LogP contribution >= 0.6 is 0 Å². The Morgan fingerprint density at radius 3 is 2.70 bits per heavy atom. The second kappa shape index (κ2) is 4.62. The first kappa shape index (κ1) is 7.94. The van der Waals surface area contributed by atoms with E-state index < -0.39 is 0 Å². The summed E-state index contributed by atoms with van der Waals surface area (Å²) in [5.74, 6) is 5.08. The predicted molar refractivity (Wildman–Crippen MR) is 37.1 cm³/mol. The first-order chi connectivity index (χ1) is 4.93. The van der Waals surface area contributed by atoms with Gasteiger partial charge >= 0.3 is 0 Å². The minimum absolute atomic E-state index is 0.0216.